The monoisotopic (exact) mass is 436 g/mol. The van der Waals surface area contributed by atoms with Crippen LogP contribution < -0.4 is 11.1 Å². The molecule has 1 heterocycles. The number of Topliss-reactive ketones (excluding diaryl/α,β-unsaturated/α-hetero) is 1. The molecule has 1 aromatic heterocycles. The first-order chi connectivity index (χ1) is 15.2. The number of fused-ring (bicyclic) bond motifs is 1. The van der Waals surface area contributed by atoms with Crippen LogP contribution in [0.1, 0.15) is 96.8 Å². The third kappa shape index (κ3) is 3.94. The number of anilines is 1. The molecule has 0 unspecified atom stereocenters. The van der Waals surface area contributed by atoms with Crippen LogP contribution >= 0.6 is 0 Å². The highest BCUT2D eigenvalue weighted by molar-refractivity contribution is 6.01. The van der Waals surface area contributed by atoms with Crippen molar-refractivity contribution in [3.63, 3.8) is 0 Å². The Hall–Kier alpha value is -2.67. The Balaban J connectivity index is 1.56. The van der Waals surface area contributed by atoms with Gasteiger partial charge in [0.15, 0.2) is 5.78 Å². The second kappa shape index (κ2) is 7.73. The Morgan fingerprint density at radius 3 is 2.53 bits per heavy atom. The summed E-state index contributed by atoms with van der Waals surface area (Å²) >= 11 is 0. The number of aliphatic hydroxyl groups excluding tert-OH is 1. The lowest BCUT2D eigenvalue weighted by Crippen LogP contribution is -2.29. The first-order valence-corrected chi connectivity index (χ1v) is 11.8. The van der Waals surface area contributed by atoms with Crippen molar-refractivity contribution in [1.29, 1.82) is 0 Å². The molecule has 32 heavy (non-hydrogen) atoms. The average molecular weight is 437 g/mol. The van der Waals surface area contributed by atoms with Gasteiger partial charge in [0.2, 0.25) is 0 Å². The van der Waals surface area contributed by atoms with Crippen LogP contribution in [0.15, 0.2) is 18.2 Å². The van der Waals surface area contributed by atoms with E-state index in [1.54, 1.807) is 6.07 Å². The van der Waals surface area contributed by atoms with Crippen molar-refractivity contribution in [2.24, 2.45) is 11.1 Å². The number of amides is 1. The van der Waals surface area contributed by atoms with E-state index in [1.807, 2.05) is 16.8 Å². The number of benzene rings is 1. The number of nitrogens with one attached hydrogen (secondary N) is 1. The molecule has 7 nitrogen and oxygen atoms in total. The van der Waals surface area contributed by atoms with Crippen molar-refractivity contribution < 1.29 is 14.7 Å². The third-order valence-corrected chi connectivity index (χ3v) is 7.11. The molecule has 5 rings (SSSR count). The number of carbonyl (C=O) groups excluding carboxylic acids is 2. The fraction of sp³-hybridized carbons (Fsp3) is 0.560. The quantitative estimate of drug-likeness (QED) is 0.662. The lowest BCUT2D eigenvalue weighted by atomic mass is 9.75. The van der Waals surface area contributed by atoms with Gasteiger partial charge in [-0.15, -0.1) is 0 Å². The third-order valence-electron chi connectivity index (χ3n) is 7.11. The summed E-state index contributed by atoms with van der Waals surface area (Å²) < 4.78 is 1.92. The Bertz CT molecular complexity index is 1080. The van der Waals surface area contributed by atoms with Crippen molar-refractivity contribution in [2.75, 3.05) is 5.32 Å². The maximum atomic E-state index is 13.1. The summed E-state index contributed by atoms with van der Waals surface area (Å²) in [4.78, 5) is 25.2. The number of primary amides is 1. The van der Waals surface area contributed by atoms with Gasteiger partial charge in [-0.2, -0.15) is 5.10 Å². The molecule has 1 amide bonds. The number of ketones is 1. The molecule has 3 aliphatic carbocycles. The molecule has 4 N–H and O–H groups in total. The van der Waals surface area contributed by atoms with Gasteiger partial charge in [-0.1, -0.05) is 13.8 Å². The van der Waals surface area contributed by atoms with Gasteiger partial charge in [0, 0.05) is 24.1 Å². The van der Waals surface area contributed by atoms with Gasteiger partial charge in [0.05, 0.1) is 34.3 Å². The number of rotatable bonds is 5. The van der Waals surface area contributed by atoms with E-state index in [2.05, 4.69) is 19.2 Å². The minimum atomic E-state index is -0.479. The molecule has 0 bridgehead atoms. The summed E-state index contributed by atoms with van der Waals surface area (Å²) in [7, 11) is 0. The highest BCUT2D eigenvalue weighted by atomic mass is 16.3. The Kier molecular flexibility index (Phi) is 5.12. The van der Waals surface area contributed by atoms with Gasteiger partial charge >= 0.3 is 0 Å². The summed E-state index contributed by atoms with van der Waals surface area (Å²) in [6.07, 6.45) is 6.44. The smallest absolute Gasteiger partial charge is 0.250 e. The maximum absolute atomic E-state index is 13.1. The fourth-order valence-electron chi connectivity index (χ4n) is 5.27. The molecule has 0 saturated heterocycles. The normalized spacial score (nSPS) is 24.8. The van der Waals surface area contributed by atoms with Crippen molar-refractivity contribution in [3.05, 3.63) is 40.7 Å². The van der Waals surface area contributed by atoms with Crippen molar-refractivity contribution in [1.82, 2.24) is 9.78 Å². The van der Waals surface area contributed by atoms with Gasteiger partial charge in [-0.25, -0.2) is 4.68 Å². The van der Waals surface area contributed by atoms with Crippen LogP contribution in [-0.4, -0.2) is 38.7 Å². The molecule has 0 spiro atoms. The molecule has 1 aromatic carbocycles. The van der Waals surface area contributed by atoms with Gasteiger partial charge in [-0.3, -0.25) is 9.59 Å². The molecule has 0 radical (unpaired) electrons. The van der Waals surface area contributed by atoms with Gasteiger partial charge < -0.3 is 16.2 Å². The van der Waals surface area contributed by atoms with Gasteiger partial charge in [0.25, 0.3) is 5.91 Å². The number of aromatic nitrogens is 2. The van der Waals surface area contributed by atoms with E-state index in [1.165, 1.54) is 0 Å². The predicted octanol–water partition coefficient (Wildman–Crippen LogP) is 3.72. The molecule has 0 aliphatic heterocycles. The summed E-state index contributed by atoms with van der Waals surface area (Å²) in [6, 6.07) is 5.73. The van der Waals surface area contributed by atoms with Gasteiger partial charge in [0.1, 0.15) is 0 Å². The molecule has 2 fully saturated rings. The van der Waals surface area contributed by atoms with Crippen molar-refractivity contribution in [3.8, 4) is 5.69 Å². The standard InChI is InChI=1S/C25H32N4O3/c1-25(2)12-20-22(21(31)13-25)23(14-3-4-14)28-29(20)16-7-10-18(24(26)32)19(11-16)27-15-5-8-17(30)9-6-15/h7,10-11,14-15,17,27,30H,3-6,8-9,12-13H2,1-2H3,(H2,26,32). The van der Waals surface area contributed by atoms with Crippen molar-refractivity contribution in [2.45, 2.75) is 83.3 Å². The number of hydrogen-bond acceptors (Lipinski definition) is 5. The second-order valence-electron chi connectivity index (χ2n) is 10.6. The largest absolute Gasteiger partial charge is 0.393 e. The van der Waals surface area contributed by atoms with E-state index < -0.39 is 5.91 Å². The fourth-order valence-corrected chi connectivity index (χ4v) is 5.27. The average Bonchev–Trinajstić information content (AvgIpc) is 3.50. The van der Waals surface area contributed by atoms with Crippen LogP contribution in [0.3, 0.4) is 0 Å². The number of carbonyl (C=O) groups is 2. The molecule has 2 aromatic rings. The van der Waals surface area contributed by atoms with Crippen LogP contribution in [0.5, 0.6) is 0 Å². The summed E-state index contributed by atoms with van der Waals surface area (Å²) in [5.41, 5.74) is 10.3. The Morgan fingerprint density at radius 2 is 1.88 bits per heavy atom. The van der Waals surface area contributed by atoms with Crippen LogP contribution in [0.2, 0.25) is 0 Å². The molecule has 7 heteroatoms. The predicted molar refractivity (Wildman–Crippen MR) is 122 cm³/mol. The van der Waals surface area contributed by atoms with Gasteiger partial charge in [-0.05, 0) is 68.6 Å². The summed E-state index contributed by atoms with van der Waals surface area (Å²) in [5, 5.41) is 18.2. The number of nitrogens with zero attached hydrogens (tertiary/aromatic N) is 2. The zero-order valence-corrected chi connectivity index (χ0v) is 18.9. The molecule has 0 atom stereocenters. The summed E-state index contributed by atoms with van der Waals surface area (Å²) in [6.45, 7) is 4.26. The highest BCUT2D eigenvalue weighted by Gasteiger charge is 2.40. The van der Waals surface area contributed by atoms with Crippen LogP contribution in [0, 0.1) is 5.41 Å². The second-order valence-corrected chi connectivity index (χ2v) is 10.6. The topological polar surface area (TPSA) is 110 Å². The SMILES string of the molecule is CC1(C)CC(=O)c2c(C3CC3)nn(-c3ccc(C(N)=O)c(NC4CCC(O)CC4)c3)c2C1. The van der Waals surface area contributed by atoms with Crippen LogP contribution in [0.25, 0.3) is 5.69 Å². The number of nitrogens with two attached hydrogens (primary N) is 1. The molecule has 3 aliphatic rings. The van der Waals surface area contributed by atoms with Crippen LogP contribution in [0.4, 0.5) is 5.69 Å². The van der Waals surface area contributed by atoms with E-state index in [0.717, 1.165) is 67.6 Å². The first-order valence-electron chi connectivity index (χ1n) is 11.8. The lowest BCUT2D eigenvalue weighted by Gasteiger charge is -2.29. The number of aliphatic hydroxyl groups is 1. The minimum absolute atomic E-state index is 0.111. The van der Waals surface area contributed by atoms with E-state index in [-0.39, 0.29) is 23.3 Å². The van der Waals surface area contributed by atoms with E-state index >= 15 is 0 Å². The molecule has 2 saturated carbocycles. The Labute approximate surface area is 188 Å². The summed E-state index contributed by atoms with van der Waals surface area (Å²) in [5.74, 6) is 0.0935. The van der Waals surface area contributed by atoms with Crippen molar-refractivity contribution >= 4 is 17.4 Å². The minimum Gasteiger partial charge on any atom is -0.393 e. The highest BCUT2D eigenvalue weighted by Crippen LogP contribution is 2.46. The van der Waals surface area contributed by atoms with Crippen LogP contribution in [-0.2, 0) is 6.42 Å². The Morgan fingerprint density at radius 1 is 1.16 bits per heavy atom. The lowest BCUT2D eigenvalue weighted by molar-refractivity contribution is 0.0909. The van der Waals surface area contributed by atoms with E-state index in [0.29, 0.717) is 23.6 Å². The van der Waals surface area contributed by atoms with E-state index in [9.17, 15) is 14.7 Å². The molecule has 170 valence electrons. The zero-order chi connectivity index (χ0) is 22.6. The first kappa shape index (κ1) is 21.2. The maximum Gasteiger partial charge on any atom is 0.250 e. The number of hydrogen-bond donors (Lipinski definition) is 3. The molecular formula is C25H32N4O3. The molecular weight excluding hydrogens is 404 g/mol. The van der Waals surface area contributed by atoms with E-state index in [4.69, 9.17) is 10.8 Å². The zero-order valence-electron chi connectivity index (χ0n) is 18.9.